The Bertz CT molecular complexity index is 10200. The van der Waals surface area contributed by atoms with Crippen molar-refractivity contribution in [1.82, 2.24) is 18.3 Å². The first-order valence-electron chi connectivity index (χ1n) is 49.7. The number of rotatable bonds is 10. The molecule has 662 valence electrons. The van der Waals surface area contributed by atoms with Crippen LogP contribution in [0, 0.1) is 0 Å². The summed E-state index contributed by atoms with van der Waals surface area (Å²) in [6.07, 6.45) is 0. The van der Waals surface area contributed by atoms with Crippen LogP contribution in [0.5, 0.6) is 0 Å². The van der Waals surface area contributed by atoms with Gasteiger partial charge in [0.25, 0.3) is 0 Å². The summed E-state index contributed by atoms with van der Waals surface area (Å²) in [5.74, 6) is 0. The average molecular weight is 1810 g/mol. The SMILES string of the molecule is c1ccc(-c2c3ccccc3c(-c3ccc(-n4c5ccc6ccccc6c5c5c6ccccc6c(-c6ccc7c8ccccc8n(-c8ccccc8)c7c6)cc54)cc3)c3ccccc23)cc1.c1ccc(-c2c3ccccc3c(-c3ccc4c(c3)C3(c5ccccc5-c5ccccc53)c3cc(-n5c6ccccc6c6ccc(-c7ccc8c(c7)c7ccccc7n8-c7ccccc7)cc65)ccc3-4)c3ccccc23)cc1. The van der Waals surface area contributed by atoms with Gasteiger partial charge in [-0.3, -0.25) is 0 Å². The molecule has 0 saturated carbocycles. The van der Waals surface area contributed by atoms with E-state index in [1.54, 1.807) is 0 Å². The Morgan fingerprint density at radius 3 is 0.972 bits per heavy atom. The van der Waals surface area contributed by atoms with E-state index < -0.39 is 5.41 Å². The van der Waals surface area contributed by atoms with E-state index in [1.807, 2.05) is 0 Å². The molecule has 0 atom stereocenters. The lowest BCUT2D eigenvalue weighted by Gasteiger charge is -2.31. The number of hydrogen-bond acceptors (Lipinski definition) is 0. The molecule has 4 heteroatoms. The highest BCUT2D eigenvalue weighted by Crippen LogP contribution is 2.65. The fourth-order valence-corrected chi connectivity index (χ4v) is 25.5. The van der Waals surface area contributed by atoms with Crippen LogP contribution in [0.25, 0.3) is 264 Å². The van der Waals surface area contributed by atoms with Crippen LogP contribution in [0.15, 0.2) is 522 Å². The second kappa shape index (κ2) is 31.7. The molecule has 0 saturated heterocycles. The van der Waals surface area contributed by atoms with Crippen molar-refractivity contribution in [3.8, 4) is 112 Å². The van der Waals surface area contributed by atoms with Gasteiger partial charge >= 0.3 is 0 Å². The highest BCUT2D eigenvalue weighted by Gasteiger charge is 2.52. The lowest BCUT2D eigenvalue weighted by atomic mass is 9.70. The van der Waals surface area contributed by atoms with E-state index in [1.165, 1.54) is 263 Å². The first-order chi connectivity index (χ1) is 71.0. The molecule has 2 aliphatic rings. The second-order valence-electron chi connectivity index (χ2n) is 38.6. The summed E-state index contributed by atoms with van der Waals surface area (Å²) >= 11 is 0. The predicted octanol–water partition coefficient (Wildman–Crippen LogP) is 37.0. The lowest BCUT2D eigenvalue weighted by molar-refractivity contribution is 0.793. The minimum atomic E-state index is -0.572. The third-order valence-corrected chi connectivity index (χ3v) is 31.4. The molecular formula is C139H86N4. The lowest BCUT2D eigenvalue weighted by Crippen LogP contribution is -2.26. The molecule has 0 radical (unpaired) electrons. The molecule has 143 heavy (non-hydrogen) atoms. The summed E-state index contributed by atoms with van der Waals surface area (Å²) in [6.45, 7) is 0. The van der Waals surface area contributed by atoms with E-state index in [4.69, 9.17) is 0 Å². The Morgan fingerprint density at radius 1 is 0.126 bits per heavy atom. The van der Waals surface area contributed by atoms with Gasteiger partial charge in [0.1, 0.15) is 0 Å². The van der Waals surface area contributed by atoms with Crippen molar-refractivity contribution in [2.45, 2.75) is 5.41 Å². The smallest absolute Gasteiger partial charge is 0.0726 e. The predicted molar refractivity (Wildman–Crippen MR) is 604 cm³/mol. The maximum absolute atomic E-state index is 2.56. The zero-order chi connectivity index (χ0) is 93.6. The van der Waals surface area contributed by atoms with Crippen molar-refractivity contribution in [3.63, 3.8) is 0 Å². The minimum absolute atomic E-state index is 0.572. The van der Waals surface area contributed by atoms with Crippen molar-refractivity contribution >= 4 is 152 Å². The van der Waals surface area contributed by atoms with Crippen molar-refractivity contribution in [2.75, 3.05) is 0 Å². The van der Waals surface area contributed by atoms with Gasteiger partial charge in [-0.05, 0) is 285 Å². The van der Waals surface area contributed by atoms with E-state index in [-0.39, 0.29) is 0 Å². The van der Waals surface area contributed by atoms with Crippen molar-refractivity contribution in [1.29, 1.82) is 0 Å². The van der Waals surface area contributed by atoms with Crippen LogP contribution < -0.4 is 0 Å². The van der Waals surface area contributed by atoms with Crippen LogP contribution in [-0.4, -0.2) is 18.3 Å². The highest BCUT2D eigenvalue weighted by molar-refractivity contribution is 6.31. The summed E-state index contributed by atoms with van der Waals surface area (Å²) < 4.78 is 9.84. The molecule has 0 amide bonds. The first kappa shape index (κ1) is 80.4. The van der Waals surface area contributed by atoms with Gasteiger partial charge in [-0.25, -0.2) is 0 Å². The number of hydrogen-bond donors (Lipinski definition) is 0. The zero-order valence-corrected chi connectivity index (χ0v) is 77.9. The summed E-state index contributed by atoms with van der Waals surface area (Å²) in [5.41, 5.74) is 38.8. The Kier molecular flexibility index (Phi) is 17.8. The Labute approximate surface area is 825 Å². The standard InChI is InChI=1S/C75H46N2.C64H40N2/c1-3-19-47(20-4-1)73-60-27-7-9-29-62(60)74(63-30-10-8-28-61(63)73)50-36-39-55-56-41-38-52(46-68(56)75(67(55)44-50)65-31-15-11-23-53(65)54-24-12-16-32-66(54)75)77-69-33-17-13-25-57(69)59-40-35-49(45-72(59)77)48-37-42-71-64(43-48)58-26-14-18-34-70(58)76(71)51-21-5-2-6-22-51;1-3-18-42(19-4-1)61-52-26-11-13-28-54(52)62(55-29-14-12-27-53(55)61)43-31-35-46(36-32-43)66-58-38-34-41-17-7-8-22-47(41)63(58)64-51-25-10-9-23-48(51)56(40-60(64)66)44-33-37-50-49-24-15-16-30-57(49)65(59(50)39-44)45-20-5-2-6-21-45/h1-46H;1-40H. The van der Waals surface area contributed by atoms with Crippen LogP contribution in [0.2, 0.25) is 0 Å². The largest absolute Gasteiger partial charge is 0.309 e. The summed E-state index contributed by atoms with van der Waals surface area (Å²) in [5, 5.41) is 25.1. The van der Waals surface area contributed by atoms with Crippen LogP contribution in [0.4, 0.5) is 0 Å². The fraction of sp³-hybridized carbons (Fsp3) is 0.00719. The molecule has 0 unspecified atom stereocenters. The van der Waals surface area contributed by atoms with Crippen LogP contribution in [-0.2, 0) is 5.41 Å². The van der Waals surface area contributed by atoms with Crippen LogP contribution in [0.1, 0.15) is 22.3 Å². The van der Waals surface area contributed by atoms with Crippen LogP contribution >= 0.6 is 0 Å². The van der Waals surface area contributed by atoms with Gasteiger partial charge in [-0.1, -0.05) is 413 Å². The molecule has 0 fully saturated rings. The average Bonchev–Trinajstić information content (AvgIpc) is 1.50. The Morgan fingerprint density at radius 2 is 0.441 bits per heavy atom. The van der Waals surface area contributed by atoms with Gasteiger partial charge in [-0.2, -0.15) is 0 Å². The van der Waals surface area contributed by atoms with Gasteiger partial charge in [0.15, 0.2) is 0 Å². The maximum atomic E-state index is 2.56. The monoisotopic (exact) mass is 1810 g/mol. The Hall–Kier alpha value is -18.7. The molecule has 4 nitrogen and oxygen atoms in total. The number of benzene rings is 25. The molecule has 0 aliphatic heterocycles. The van der Waals surface area contributed by atoms with E-state index in [2.05, 4.69) is 540 Å². The Balaban J connectivity index is 0.000000135. The third-order valence-electron chi connectivity index (χ3n) is 31.4. The van der Waals surface area contributed by atoms with Crippen molar-refractivity contribution in [2.24, 2.45) is 0 Å². The molecule has 25 aromatic carbocycles. The van der Waals surface area contributed by atoms with E-state index >= 15 is 0 Å². The van der Waals surface area contributed by atoms with Crippen molar-refractivity contribution < 1.29 is 0 Å². The molecule has 2 aliphatic carbocycles. The summed E-state index contributed by atoms with van der Waals surface area (Å²) in [7, 11) is 0. The molecule has 31 rings (SSSR count). The molecule has 0 N–H and O–H groups in total. The zero-order valence-electron chi connectivity index (χ0n) is 77.9. The number of nitrogens with zero attached hydrogens (tertiary/aromatic N) is 4. The van der Waals surface area contributed by atoms with Gasteiger partial charge in [-0.15, -0.1) is 0 Å². The highest BCUT2D eigenvalue weighted by atomic mass is 15.0. The normalized spacial score (nSPS) is 12.5. The molecule has 4 aromatic heterocycles. The van der Waals surface area contributed by atoms with E-state index in [0.29, 0.717) is 0 Å². The minimum Gasteiger partial charge on any atom is -0.309 e. The van der Waals surface area contributed by atoms with Gasteiger partial charge < -0.3 is 18.3 Å². The number of para-hydroxylation sites is 5. The fourth-order valence-electron chi connectivity index (χ4n) is 25.5. The quantitative estimate of drug-likeness (QED) is 0.122. The van der Waals surface area contributed by atoms with E-state index in [0.717, 1.165) is 22.7 Å². The van der Waals surface area contributed by atoms with Crippen LogP contribution in [0.3, 0.4) is 0 Å². The summed E-state index contributed by atoms with van der Waals surface area (Å²) in [4.78, 5) is 0. The number of aromatic nitrogens is 4. The van der Waals surface area contributed by atoms with Crippen molar-refractivity contribution in [3.05, 3.63) is 544 Å². The van der Waals surface area contributed by atoms with Gasteiger partial charge in [0, 0.05) is 65.8 Å². The molecule has 4 heterocycles. The van der Waals surface area contributed by atoms with Gasteiger partial charge in [0.05, 0.1) is 49.5 Å². The maximum Gasteiger partial charge on any atom is 0.0726 e. The molecule has 0 bridgehead atoms. The number of fused-ring (bicyclic) bond motifs is 30. The summed E-state index contributed by atoms with van der Waals surface area (Å²) in [6, 6.07) is 194. The third kappa shape index (κ3) is 11.9. The molecule has 29 aromatic rings. The van der Waals surface area contributed by atoms with E-state index in [9.17, 15) is 0 Å². The van der Waals surface area contributed by atoms with Gasteiger partial charge in [0.2, 0.25) is 0 Å². The molecular weight excluding hydrogens is 1730 g/mol. The topological polar surface area (TPSA) is 19.7 Å². The second-order valence-corrected chi connectivity index (χ2v) is 38.6. The first-order valence-corrected chi connectivity index (χ1v) is 49.7. The molecule has 1 spiro atoms.